The van der Waals surface area contributed by atoms with Crippen molar-refractivity contribution in [1.82, 2.24) is 5.32 Å². The van der Waals surface area contributed by atoms with Crippen molar-refractivity contribution in [1.29, 1.82) is 0 Å². The molecule has 0 aliphatic carbocycles. The van der Waals surface area contributed by atoms with Gasteiger partial charge in [-0.3, -0.25) is 4.79 Å². The van der Waals surface area contributed by atoms with Crippen LogP contribution in [0.1, 0.15) is 23.6 Å². The van der Waals surface area contributed by atoms with Gasteiger partial charge in [0.2, 0.25) is 5.91 Å². The minimum atomic E-state index is -4.43. The molecule has 0 heterocycles. The van der Waals surface area contributed by atoms with E-state index in [1.54, 1.807) is 6.92 Å². The van der Waals surface area contributed by atoms with Crippen molar-refractivity contribution in [2.24, 2.45) is 0 Å². The molecule has 0 bridgehead atoms. The number of amides is 1. The first-order valence-electron chi connectivity index (χ1n) is 7.53. The lowest BCUT2D eigenvalue weighted by molar-refractivity contribution is -0.137. The second kappa shape index (κ2) is 7.49. The van der Waals surface area contributed by atoms with Gasteiger partial charge < -0.3 is 10.6 Å². The van der Waals surface area contributed by atoms with Crippen molar-refractivity contribution < 1.29 is 18.0 Å². The molecule has 0 aromatic heterocycles. The Bertz CT molecular complexity index is 696. The maximum absolute atomic E-state index is 12.7. The summed E-state index contributed by atoms with van der Waals surface area (Å²) in [5.74, 6) is -0.388. The van der Waals surface area contributed by atoms with Gasteiger partial charge in [0, 0.05) is 12.2 Å². The van der Waals surface area contributed by atoms with Gasteiger partial charge >= 0.3 is 6.18 Å². The molecule has 24 heavy (non-hydrogen) atoms. The Morgan fingerprint density at radius 1 is 1.12 bits per heavy atom. The molecule has 0 spiro atoms. The van der Waals surface area contributed by atoms with E-state index in [9.17, 15) is 18.0 Å². The Labute approximate surface area is 138 Å². The molecular weight excluding hydrogens is 317 g/mol. The van der Waals surface area contributed by atoms with Gasteiger partial charge in [-0.05, 0) is 37.6 Å². The minimum absolute atomic E-state index is 0.124. The molecule has 2 rings (SSSR count). The molecule has 6 heteroatoms. The summed E-state index contributed by atoms with van der Waals surface area (Å²) in [6.07, 6.45) is -4.43. The van der Waals surface area contributed by atoms with Crippen LogP contribution in [0.15, 0.2) is 48.5 Å². The van der Waals surface area contributed by atoms with Crippen molar-refractivity contribution in [3.63, 3.8) is 0 Å². The van der Waals surface area contributed by atoms with Gasteiger partial charge in [-0.2, -0.15) is 13.2 Å². The Balaban J connectivity index is 1.93. The van der Waals surface area contributed by atoms with Gasteiger partial charge in [0.15, 0.2) is 0 Å². The van der Waals surface area contributed by atoms with E-state index in [4.69, 9.17) is 0 Å². The van der Waals surface area contributed by atoms with Crippen LogP contribution in [0, 0.1) is 6.92 Å². The molecule has 0 aliphatic heterocycles. The summed E-state index contributed by atoms with van der Waals surface area (Å²) < 4.78 is 38.0. The van der Waals surface area contributed by atoms with Crippen LogP contribution in [-0.2, 0) is 17.5 Å². The quantitative estimate of drug-likeness (QED) is 0.862. The van der Waals surface area contributed by atoms with Crippen LogP contribution >= 0.6 is 0 Å². The number of hydrogen-bond donors (Lipinski definition) is 2. The third-order valence-electron chi connectivity index (χ3n) is 3.58. The van der Waals surface area contributed by atoms with E-state index >= 15 is 0 Å². The second-order valence-corrected chi connectivity index (χ2v) is 5.66. The normalized spacial score (nSPS) is 12.7. The Morgan fingerprint density at radius 2 is 1.79 bits per heavy atom. The zero-order valence-electron chi connectivity index (χ0n) is 13.4. The van der Waals surface area contributed by atoms with Gasteiger partial charge in [0.1, 0.15) is 0 Å². The summed E-state index contributed by atoms with van der Waals surface area (Å²) in [5, 5.41) is 5.55. The molecule has 0 unspecified atom stereocenters. The molecular formula is C18H19F3N2O. The van der Waals surface area contributed by atoms with E-state index in [1.807, 2.05) is 31.2 Å². The van der Waals surface area contributed by atoms with Crippen molar-refractivity contribution in [2.75, 3.05) is 5.32 Å². The Hall–Kier alpha value is -2.34. The number of carbonyl (C=O) groups is 1. The number of alkyl halides is 3. The average Bonchev–Trinajstić information content (AvgIpc) is 2.53. The first-order valence-corrected chi connectivity index (χ1v) is 7.53. The molecule has 1 atom stereocenters. The molecule has 1 amide bonds. The standard InChI is InChI=1S/C18H19F3N2O/c1-12-6-8-14(9-7-12)11-22-13(2)17(24)23-16-5-3-4-15(10-16)18(19,20)21/h3-10,13,22H,11H2,1-2H3,(H,23,24)/t13-/m1/s1. The molecule has 0 saturated heterocycles. The number of carbonyl (C=O) groups excluding carboxylic acids is 1. The zero-order valence-corrected chi connectivity index (χ0v) is 13.4. The highest BCUT2D eigenvalue weighted by Crippen LogP contribution is 2.30. The van der Waals surface area contributed by atoms with Crippen LogP contribution in [0.25, 0.3) is 0 Å². The monoisotopic (exact) mass is 336 g/mol. The van der Waals surface area contributed by atoms with Crippen LogP contribution in [0.2, 0.25) is 0 Å². The highest BCUT2D eigenvalue weighted by molar-refractivity contribution is 5.94. The van der Waals surface area contributed by atoms with E-state index in [0.29, 0.717) is 6.54 Å². The van der Waals surface area contributed by atoms with E-state index in [1.165, 1.54) is 12.1 Å². The minimum Gasteiger partial charge on any atom is -0.325 e. The summed E-state index contributed by atoms with van der Waals surface area (Å²) >= 11 is 0. The van der Waals surface area contributed by atoms with Gasteiger partial charge in [-0.15, -0.1) is 0 Å². The predicted molar refractivity (Wildman–Crippen MR) is 87.6 cm³/mol. The fourth-order valence-corrected chi connectivity index (χ4v) is 2.09. The number of hydrogen-bond acceptors (Lipinski definition) is 2. The Kier molecular flexibility index (Phi) is 5.62. The van der Waals surface area contributed by atoms with Gasteiger partial charge in [-0.1, -0.05) is 35.9 Å². The topological polar surface area (TPSA) is 41.1 Å². The number of rotatable bonds is 5. The number of halogens is 3. The summed E-state index contributed by atoms with van der Waals surface area (Å²) in [6, 6.07) is 11.9. The summed E-state index contributed by atoms with van der Waals surface area (Å²) in [4.78, 5) is 12.1. The molecule has 128 valence electrons. The second-order valence-electron chi connectivity index (χ2n) is 5.66. The number of anilines is 1. The molecule has 3 nitrogen and oxygen atoms in total. The van der Waals surface area contributed by atoms with Crippen LogP contribution in [0.3, 0.4) is 0 Å². The fraction of sp³-hybridized carbons (Fsp3) is 0.278. The lowest BCUT2D eigenvalue weighted by Crippen LogP contribution is -2.37. The molecule has 0 radical (unpaired) electrons. The number of nitrogens with one attached hydrogen (secondary N) is 2. The molecule has 2 aromatic carbocycles. The van der Waals surface area contributed by atoms with Crippen LogP contribution in [0.5, 0.6) is 0 Å². The Morgan fingerprint density at radius 3 is 2.42 bits per heavy atom. The smallest absolute Gasteiger partial charge is 0.325 e. The largest absolute Gasteiger partial charge is 0.416 e. The first-order chi connectivity index (χ1) is 11.3. The highest BCUT2D eigenvalue weighted by Gasteiger charge is 2.30. The van der Waals surface area contributed by atoms with Gasteiger partial charge in [-0.25, -0.2) is 0 Å². The van der Waals surface area contributed by atoms with Crippen molar-refractivity contribution >= 4 is 11.6 Å². The van der Waals surface area contributed by atoms with Gasteiger partial charge in [0.05, 0.1) is 11.6 Å². The lowest BCUT2D eigenvalue weighted by atomic mass is 10.1. The van der Waals surface area contributed by atoms with E-state index in [2.05, 4.69) is 10.6 Å². The van der Waals surface area contributed by atoms with Crippen LogP contribution < -0.4 is 10.6 Å². The van der Waals surface area contributed by atoms with E-state index in [0.717, 1.165) is 23.3 Å². The highest BCUT2D eigenvalue weighted by atomic mass is 19.4. The van der Waals surface area contributed by atoms with E-state index in [-0.39, 0.29) is 11.6 Å². The molecule has 2 N–H and O–H groups in total. The molecule has 0 aliphatic rings. The average molecular weight is 336 g/mol. The van der Waals surface area contributed by atoms with Gasteiger partial charge in [0.25, 0.3) is 0 Å². The predicted octanol–water partition coefficient (Wildman–Crippen LogP) is 4.13. The molecule has 0 fully saturated rings. The summed E-state index contributed by atoms with van der Waals surface area (Å²) in [5.41, 5.74) is 1.51. The summed E-state index contributed by atoms with van der Waals surface area (Å²) in [7, 11) is 0. The lowest BCUT2D eigenvalue weighted by Gasteiger charge is -2.15. The van der Waals surface area contributed by atoms with Crippen LogP contribution in [-0.4, -0.2) is 11.9 Å². The fourth-order valence-electron chi connectivity index (χ4n) is 2.09. The number of aryl methyl sites for hydroxylation is 1. The maximum Gasteiger partial charge on any atom is 0.416 e. The van der Waals surface area contributed by atoms with Crippen molar-refractivity contribution in [3.05, 3.63) is 65.2 Å². The molecule has 0 saturated carbocycles. The maximum atomic E-state index is 12.7. The third-order valence-corrected chi connectivity index (χ3v) is 3.58. The first kappa shape index (κ1) is 18.0. The summed E-state index contributed by atoms with van der Waals surface area (Å²) in [6.45, 7) is 4.15. The van der Waals surface area contributed by atoms with Crippen molar-refractivity contribution in [2.45, 2.75) is 32.6 Å². The third kappa shape index (κ3) is 5.09. The number of benzene rings is 2. The van der Waals surface area contributed by atoms with Crippen LogP contribution in [0.4, 0.5) is 18.9 Å². The van der Waals surface area contributed by atoms with Crippen molar-refractivity contribution in [3.8, 4) is 0 Å². The molecule has 2 aromatic rings. The SMILES string of the molecule is Cc1ccc(CN[C@H](C)C(=O)Nc2cccc(C(F)(F)F)c2)cc1. The van der Waals surface area contributed by atoms with E-state index < -0.39 is 17.8 Å². The zero-order chi connectivity index (χ0) is 17.7.